The number of hydrogen-bond acceptors (Lipinski definition) is 6. The second kappa shape index (κ2) is 16.1. The zero-order chi connectivity index (χ0) is 31.3. The lowest BCUT2D eigenvalue weighted by molar-refractivity contribution is -0.155. The summed E-state index contributed by atoms with van der Waals surface area (Å²) < 4.78 is 5.89. The Balaban J connectivity index is 1.63. The number of phenolic OH excluding ortho intramolecular Hbond substituents is 1. The van der Waals surface area contributed by atoms with E-state index in [9.17, 15) is 19.5 Å². The number of nitrogens with zero attached hydrogens (tertiary/aromatic N) is 2. The van der Waals surface area contributed by atoms with Gasteiger partial charge >= 0.3 is 6.03 Å². The van der Waals surface area contributed by atoms with Crippen molar-refractivity contribution in [2.24, 2.45) is 0 Å². The Hall–Kier alpha value is -4.83. The van der Waals surface area contributed by atoms with E-state index >= 15 is 0 Å². The van der Waals surface area contributed by atoms with Crippen molar-refractivity contribution in [2.75, 3.05) is 32.8 Å². The number of hydrogen-bond donors (Lipinski definition) is 4. The molecule has 10 heteroatoms. The number of rotatable bonds is 14. The van der Waals surface area contributed by atoms with E-state index in [0.717, 1.165) is 29.5 Å². The lowest BCUT2D eigenvalue weighted by Crippen LogP contribution is -2.70. The Kier molecular flexibility index (Phi) is 11.8. The predicted octanol–water partition coefficient (Wildman–Crippen LogP) is 3.38. The fourth-order valence-corrected chi connectivity index (χ4v) is 5.28. The number of nitrogens with one attached hydrogen (secondary N) is 3. The van der Waals surface area contributed by atoms with Crippen LogP contribution < -0.4 is 16.0 Å². The van der Waals surface area contributed by atoms with E-state index in [1.54, 1.807) is 41.3 Å². The Labute approximate surface area is 258 Å². The second-order valence-electron chi connectivity index (χ2n) is 10.6. The Bertz CT molecular complexity index is 1370. The normalized spacial score (nSPS) is 18.1. The van der Waals surface area contributed by atoms with Crippen LogP contribution in [-0.4, -0.2) is 77.7 Å². The van der Waals surface area contributed by atoms with Gasteiger partial charge in [0.1, 0.15) is 30.3 Å². The largest absolute Gasteiger partial charge is 0.508 e. The molecule has 2 aromatic rings. The zero-order valence-corrected chi connectivity index (χ0v) is 24.9. The summed E-state index contributed by atoms with van der Waals surface area (Å²) in [6.07, 6.45) is 8.42. The van der Waals surface area contributed by atoms with Gasteiger partial charge < -0.3 is 35.6 Å². The summed E-state index contributed by atoms with van der Waals surface area (Å²) in [5, 5.41) is 18.7. The number of phenols is 1. The van der Waals surface area contributed by atoms with Gasteiger partial charge in [0.15, 0.2) is 0 Å². The molecule has 44 heavy (non-hydrogen) atoms. The molecule has 1 fully saturated rings. The van der Waals surface area contributed by atoms with Crippen LogP contribution in [0.25, 0.3) is 0 Å². The summed E-state index contributed by atoms with van der Waals surface area (Å²) in [5.41, 5.74) is 2.56. The van der Waals surface area contributed by atoms with Crippen LogP contribution in [0.1, 0.15) is 24.0 Å². The summed E-state index contributed by atoms with van der Waals surface area (Å²) >= 11 is 0. The number of allylic oxidation sites excluding steroid dienone is 2. The summed E-state index contributed by atoms with van der Waals surface area (Å²) in [5.74, 6) is 0.233. The van der Waals surface area contributed by atoms with Gasteiger partial charge in [0, 0.05) is 31.6 Å². The molecule has 1 aliphatic heterocycles. The molecule has 4 rings (SSSR count). The van der Waals surface area contributed by atoms with Crippen LogP contribution in [0.3, 0.4) is 0 Å². The smallest absolute Gasteiger partial charge is 0.316 e. The van der Waals surface area contributed by atoms with Crippen LogP contribution in [0.5, 0.6) is 5.75 Å². The quantitative estimate of drug-likeness (QED) is 0.195. The molecule has 2 aromatic carbocycles. The molecular formula is C34H41N5O5. The number of benzene rings is 2. The molecule has 232 valence electrons. The van der Waals surface area contributed by atoms with Crippen molar-refractivity contribution >= 4 is 17.8 Å². The SMILES string of the molecule is C=CCNCC(=O)N1[C@@H](NC(=O)NCc2ccccc2)CN(CC2=CCCC=C2OCC=C)C(=O)[C@@H]1Cc1ccc(O)cc1. The predicted molar refractivity (Wildman–Crippen MR) is 169 cm³/mol. The van der Waals surface area contributed by atoms with E-state index in [1.165, 1.54) is 4.90 Å². The number of carbonyl (C=O) groups is 3. The molecule has 2 atom stereocenters. The standard InChI is InChI=1S/C34H41N5O5/c1-3-18-35-22-32(41)39-29(20-25-14-16-28(40)17-15-25)33(42)38(23-27-12-8-9-13-30(27)44-19-4-2)24-31(39)37-34(43)36-21-26-10-6-5-7-11-26/h3-7,10-17,29,31,35,40H,1-2,8-9,18-24H2,(H2,36,37,43)/t29-,31+/m0/s1. The van der Waals surface area contributed by atoms with Crippen LogP contribution in [0, 0.1) is 0 Å². The van der Waals surface area contributed by atoms with Crippen molar-refractivity contribution in [3.63, 3.8) is 0 Å². The fourth-order valence-electron chi connectivity index (χ4n) is 5.28. The third-order valence-electron chi connectivity index (χ3n) is 7.40. The van der Waals surface area contributed by atoms with Gasteiger partial charge in [-0.15, -0.1) is 6.58 Å². The molecule has 0 bridgehead atoms. The topological polar surface area (TPSA) is 123 Å². The molecule has 0 spiro atoms. The highest BCUT2D eigenvalue weighted by atomic mass is 16.5. The maximum absolute atomic E-state index is 14.2. The number of piperazine rings is 1. The first-order valence-corrected chi connectivity index (χ1v) is 14.8. The molecule has 1 heterocycles. The monoisotopic (exact) mass is 599 g/mol. The maximum Gasteiger partial charge on any atom is 0.316 e. The summed E-state index contributed by atoms with van der Waals surface area (Å²) in [4.78, 5) is 44.2. The lowest BCUT2D eigenvalue weighted by Gasteiger charge is -2.46. The minimum atomic E-state index is -0.906. The molecule has 0 radical (unpaired) electrons. The second-order valence-corrected chi connectivity index (χ2v) is 10.6. The highest BCUT2D eigenvalue weighted by Gasteiger charge is 2.44. The van der Waals surface area contributed by atoms with Crippen LogP contribution in [-0.2, 0) is 27.3 Å². The Morgan fingerprint density at radius 2 is 1.75 bits per heavy atom. The summed E-state index contributed by atoms with van der Waals surface area (Å²) in [6.45, 7) is 8.78. The van der Waals surface area contributed by atoms with Crippen LogP contribution >= 0.6 is 0 Å². The molecular weight excluding hydrogens is 558 g/mol. The molecule has 4 N–H and O–H groups in total. The molecule has 1 saturated heterocycles. The van der Waals surface area contributed by atoms with E-state index in [1.807, 2.05) is 36.4 Å². The third-order valence-corrected chi connectivity index (χ3v) is 7.40. The van der Waals surface area contributed by atoms with E-state index in [0.29, 0.717) is 25.5 Å². The lowest BCUT2D eigenvalue weighted by atomic mass is 9.98. The van der Waals surface area contributed by atoms with Gasteiger partial charge in [-0.1, -0.05) is 67.3 Å². The Morgan fingerprint density at radius 3 is 2.48 bits per heavy atom. The molecule has 0 unspecified atom stereocenters. The minimum absolute atomic E-state index is 0.0391. The number of ether oxygens (including phenoxy) is 1. The van der Waals surface area contributed by atoms with Crippen LogP contribution in [0.2, 0.25) is 0 Å². The first-order valence-electron chi connectivity index (χ1n) is 14.8. The summed E-state index contributed by atoms with van der Waals surface area (Å²) in [7, 11) is 0. The fraction of sp³-hybridized carbons (Fsp3) is 0.324. The highest BCUT2D eigenvalue weighted by Crippen LogP contribution is 2.26. The molecule has 0 saturated carbocycles. The van der Waals surface area contributed by atoms with Crippen molar-refractivity contribution in [2.45, 2.75) is 38.0 Å². The zero-order valence-electron chi connectivity index (χ0n) is 24.9. The van der Waals surface area contributed by atoms with Crippen molar-refractivity contribution < 1.29 is 24.2 Å². The average molecular weight is 600 g/mol. The van der Waals surface area contributed by atoms with Gasteiger partial charge in [0.05, 0.1) is 13.1 Å². The van der Waals surface area contributed by atoms with Gasteiger partial charge in [0.2, 0.25) is 11.8 Å². The van der Waals surface area contributed by atoms with Gasteiger partial charge in [-0.05, 0) is 42.2 Å². The minimum Gasteiger partial charge on any atom is -0.508 e. The van der Waals surface area contributed by atoms with Crippen molar-refractivity contribution in [3.8, 4) is 5.75 Å². The van der Waals surface area contributed by atoms with Crippen molar-refractivity contribution in [1.82, 2.24) is 25.8 Å². The summed E-state index contributed by atoms with van der Waals surface area (Å²) in [6, 6.07) is 14.7. The van der Waals surface area contributed by atoms with Crippen LogP contribution in [0.15, 0.2) is 103 Å². The van der Waals surface area contributed by atoms with E-state index in [2.05, 4.69) is 35.2 Å². The molecule has 4 amide bonds. The molecule has 0 aromatic heterocycles. The molecule has 1 aliphatic carbocycles. The van der Waals surface area contributed by atoms with E-state index in [-0.39, 0.29) is 43.6 Å². The number of aromatic hydroxyl groups is 1. The number of carbonyl (C=O) groups excluding carboxylic acids is 3. The molecule has 2 aliphatic rings. The van der Waals surface area contributed by atoms with E-state index in [4.69, 9.17) is 4.74 Å². The van der Waals surface area contributed by atoms with Gasteiger partial charge in [-0.3, -0.25) is 9.59 Å². The van der Waals surface area contributed by atoms with Crippen molar-refractivity contribution in [3.05, 3.63) is 115 Å². The third kappa shape index (κ3) is 8.84. The number of amides is 4. The Morgan fingerprint density at radius 1 is 1.00 bits per heavy atom. The highest BCUT2D eigenvalue weighted by molar-refractivity contribution is 5.91. The van der Waals surface area contributed by atoms with Gasteiger partial charge in [-0.25, -0.2) is 4.79 Å². The van der Waals surface area contributed by atoms with Gasteiger partial charge in [-0.2, -0.15) is 0 Å². The van der Waals surface area contributed by atoms with E-state index < -0.39 is 18.2 Å². The maximum atomic E-state index is 14.2. The average Bonchev–Trinajstić information content (AvgIpc) is 3.03. The first kappa shape index (κ1) is 32.1. The van der Waals surface area contributed by atoms with Crippen LogP contribution in [0.4, 0.5) is 4.79 Å². The number of urea groups is 1. The van der Waals surface area contributed by atoms with Crippen molar-refractivity contribution in [1.29, 1.82) is 0 Å². The molecule has 10 nitrogen and oxygen atoms in total. The first-order chi connectivity index (χ1) is 21.4. The van der Waals surface area contributed by atoms with Gasteiger partial charge in [0.25, 0.3) is 0 Å².